The number of benzene rings is 1. The maximum Gasteiger partial charge on any atom is 0.291 e. The van der Waals surface area contributed by atoms with Gasteiger partial charge in [-0.15, -0.1) is 0 Å². The Bertz CT molecular complexity index is 590. The van der Waals surface area contributed by atoms with E-state index in [4.69, 9.17) is 4.42 Å². The molecule has 18 heavy (non-hydrogen) atoms. The van der Waals surface area contributed by atoms with Crippen molar-refractivity contribution in [2.45, 2.75) is 6.92 Å². The molecule has 2 aromatic rings. The van der Waals surface area contributed by atoms with Crippen molar-refractivity contribution < 1.29 is 14.1 Å². The van der Waals surface area contributed by atoms with Crippen LogP contribution in [0.2, 0.25) is 0 Å². The first-order valence-electron chi connectivity index (χ1n) is 5.18. The SMILES string of the molecule is Cc1cc(NC(=O)c2ccco2)ccc1[N+](=O)[O-]. The topological polar surface area (TPSA) is 85.4 Å². The number of hydrogen-bond acceptors (Lipinski definition) is 4. The normalized spacial score (nSPS) is 10.1. The van der Waals surface area contributed by atoms with Crippen molar-refractivity contribution in [1.29, 1.82) is 0 Å². The maximum atomic E-state index is 11.7. The van der Waals surface area contributed by atoms with Crippen molar-refractivity contribution in [3.05, 3.63) is 58.0 Å². The molecule has 0 saturated heterocycles. The summed E-state index contributed by atoms with van der Waals surface area (Å²) in [5.41, 5.74) is 0.989. The molecule has 92 valence electrons. The van der Waals surface area contributed by atoms with Gasteiger partial charge in [0.2, 0.25) is 0 Å². The van der Waals surface area contributed by atoms with Gasteiger partial charge in [0.25, 0.3) is 11.6 Å². The molecule has 0 radical (unpaired) electrons. The number of nitro benzene ring substituents is 1. The largest absolute Gasteiger partial charge is 0.459 e. The van der Waals surface area contributed by atoms with E-state index in [-0.39, 0.29) is 11.4 Å². The van der Waals surface area contributed by atoms with Crippen LogP contribution in [0.1, 0.15) is 16.1 Å². The zero-order chi connectivity index (χ0) is 13.1. The average molecular weight is 246 g/mol. The molecule has 1 aromatic heterocycles. The van der Waals surface area contributed by atoms with E-state index in [9.17, 15) is 14.9 Å². The number of nitrogens with one attached hydrogen (secondary N) is 1. The first-order valence-corrected chi connectivity index (χ1v) is 5.18. The third-order valence-electron chi connectivity index (χ3n) is 2.40. The van der Waals surface area contributed by atoms with Crippen LogP contribution in [0.5, 0.6) is 0 Å². The van der Waals surface area contributed by atoms with Gasteiger partial charge in [0.1, 0.15) is 0 Å². The number of anilines is 1. The highest BCUT2D eigenvalue weighted by molar-refractivity contribution is 6.02. The summed E-state index contributed by atoms with van der Waals surface area (Å²) in [6.07, 6.45) is 1.40. The molecule has 0 aliphatic carbocycles. The zero-order valence-corrected chi connectivity index (χ0v) is 9.54. The second-order valence-electron chi connectivity index (χ2n) is 3.69. The molecular formula is C12H10N2O4. The van der Waals surface area contributed by atoms with Crippen LogP contribution in [0.15, 0.2) is 41.0 Å². The molecule has 2 rings (SSSR count). The Kier molecular flexibility index (Phi) is 3.09. The number of carbonyl (C=O) groups excluding carboxylic acids is 1. The van der Waals surface area contributed by atoms with Gasteiger partial charge in [0.15, 0.2) is 5.76 Å². The number of rotatable bonds is 3. The van der Waals surface area contributed by atoms with E-state index in [0.29, 0.717) is 11.3 Å². The Balaban J connectivity index is 2.18. The van der Waals surface area contributed by atoms with E-state index in [1.165, 1.54) is 24.5 Å². The Labute approximate surface area is 102 Å². The van der Waals surface area contributed by atoms with Gasteiger partial charge in [-0.05, 0) is 31.2 Å². The predicted molar refractivity (Wildman–Crippen MR) is 64.5 cm³/mol. The molecule has 0 bridgehead atoms. The number of nitro groups is 1. The van der Waals surface area contributed by atoms with Gasteiger partial charge in [-0.1, -0.05) is 0 Å². The second-order valence-corrected chi connectivity index (χ2v) is 3.69. The third-order valence-corrected chi connectivity index (χ3v) is 2.40. The van der Waals surface area contributed by atoms with Crippen molar-refractivity contribution in [3.63, 3.8) is 0 Å². The summed E-state index contributed by atoms with van der Waals surface area (Å²) in [6.45, 7) is 1.61. The third kappa shape index (κ3) is 2.37. The Morgan fingerprint density at radius 2 is 2.17 bits per heavy atom. The van der Waals surface area contributed by atoms with Crippen LogP contribution < -0.4 is 5.32 Å². The van der Waals surface area contributed by atoms with Crippen LogP contribution in [0.25, 0.3) is 0 Å². The minimum Gasteiger partial charge on any atom is -0.459 e. The standard InChI is InChI=1S/C12H10N2O4/c1-8-7-9(4-5-10(8)14(16)17)13-12(15)11-3-2-6-18-11/h2-7H,1H3,(H,13,15). The van der Waals surface area contributed by atoms with Crippen molar-refractivity contribution in [2.24, 2.45) is 0 Å². The average Bonchev–Trinajstić information content (AvgIpc) is 2.81. The monoisotopic (exact) mass is 246 g/mol. The first-order chi connectivity index (χ1) is 8.58. The first kappa shape index (κ1) is 11.8. The Hall–Kier alpha value is -2.63. The summed E-state index contributed by atoms with van der Waals surface area (Å²) in [6, 6.07) is 7.52. The van der Waals surface area contributed by atoms with Crippen molar-refractivity contribution in [2.75, 3.05) is 5.32 Å². The van der Waals surface area contributed by atoms with Gasteiger partial charge in [-0.2, -0.15) is 0 Å². The zero-order valence-electron chi connectivity index (χ0n) is 9.54. The van der Waals surface area contributed by atoms with Crippen LogP contribution in [0, 0.1) is 17.0 Å². The number of furan rings is 1. The number of hydrogen-bond donors (Lipinski definition) is 1. The molecule has 1 aromatic carbocycles. The molecule has 0 aliphatic heterocycles. The van der Waals surface area contributed by atoms with E-state index in [1.54, 1.807) is 19.1 Å². The fourth-order valence-electron chi connectivity index (χ4n) is 1.54. The minimum atomic E-state index is -0.465. The Morgan fingerprint density at radius 3 is 2.72 bits per heavy atom. The molecule has 0 unspecified atom stereocenters. The van der Waals surface area contributed by atoms with Gasteiger partial charge < -0.3 is 9.73 Å². The molecule has 0 spiro atoms. The van der Waals surface area contributed by atoms with E-state index in [2.05, 4.69) is 5.32 Å². The van der Waals surface area contributed by atoms with Crippen molar-refractivity contribution in [3.8, 4) is 0 Å². The number of carbonyl (C=O) groups is 1. The van der Waals surface area contributed by atoms with E-state index >= 15 is 0 Å². The van der Waals surface area contributed by atoms with Crippen molar-refractivity contribution in [1.82, 2.24) is 0 Å². The van der Waals surface area contributed by atoms with E-state index < -0.39 is 10.8 Å². The molecular weight excluding hydrogens is 236 g/mol. The van der Waals surface area contributed by atoms with E-state index in [0.717, 1.165) is 0 Å². The van der Waals surface area contributed by atoms with Gasteiger partial charge in [0.05, 0.1) is 11.2 Å². The number of amides is 1. The molecule has 0 saturated carbocycles. The molecule has 1 amide bonds. The molecule has 6 heteroatoms. The lowest BCUT2D eigenvalue weighted by Crippen LogP contribution is -2.11. The van der Waals surface area contributed by atoms with E-state index in [1.807, 2.05) is 0 Å². The van der Waals surface area contributed by atoms with Gasteiger partial charge in [0, 0.05) is 17.3 Å². The summed E-state index contributed by atoms with van der Waals surface area (Å²) < 4.78 is 4.94. The summed E-state index contributed by atoms with van der Waals surface area (Å²) in [4.78, 5) is 21.8. The van der Waals surface area contributed by atoms with Crippen LogP contribution in [0.3, 0.4) is 0 Å². The highest BCUT2D eigenvalue weighted by Crippen LogP contribution is 2.21. The van der Waals surface area contributed by atoms with Gasteiger partial charge >= 0.3 is 0 Å². The van der Waals surface area contributed by atoms with Gasteiger partial charge in [-0.3, -0.25) is 14.9 Å². The molecule has 0 atom stereocenters. The van der Waals surface area contributed by atoms with Crippen LogP contribution in [-0.2, 0) is 0 Å². The lowest BCUT2D eigenvalue weighted by Gasteiger charge is -2.04. The van der Waals surface area contributed by atoms with Crippen molar-refractivity contribution >= 4 is 17.3 Å². The van der Waals surface area contributed by atoms with Crippen LogP contribution >= 0.6 is 0 Å². The predicted octanol–water partition coefficient (Wildman–Crippen LogP) is 2.75. The smallest absolute Gasteiger partial charge is 0.291 e. The lowest BCUT2D eigenvalue weighted by molar-refractivity contribution is -0.385. The molecule has 6 nitrogen and oxygen atoms in total. The Morgan fingerprint density at radius 1 is 1.39 bits per heavy atom. The molecule has 1 heterocycles. The fraction of sp³-hybridized carbons (Fsp3) is 0.0833. The summed E-state index contributed by atoms with van der Waals surface area (Å²) in [5, 5.41) is 13.2. The lowest BCUT2D eigenvalue weighted by atomic mass is 10.2. The summed E-state index contributed by atoms with van der Waals surface area (Å²) in [5.74, 6) is -0.209. The maximum absolute atomic E-state index is 11.7. The fourth-order valence-corrected chi connectivity index (χ4v) is 1.54. The number of nitrogens with zero attached hydrogens (tertiary/aromatic N) is 1. The summed E-state index contributed by atoms with van der Waals surface area (Å²) in [7, 11) is 0. The van der Waals surface area contributed by atoms with Crippen LogP contribution in [0.4, 0.5) is 11.4 Å². The summed E-state index contributed by atoms with van der Waals surface area (Å²) >= 11 is 0. The number of aryl methyl sites for hydroxylation is 1. The molecule has 0 fully saturated rings. The second kappa shape index (κ2) is 4.70. The molecule has 0 aliphatic rings. The quantitative estimate of drug-likeness (QED) is 0.666. The molecule has 1 N–H and O–H groups in total. The highest BCUT2D eigenvalue weighted by Gasteiger charge is 2.13. The van der Waals surface area contributed by atoms with Gasteiger partial charge in [-0.25, -0.2) is 0 Å². The van der Waals surface area contributed by atoms with Crippen LogP contribution in [-0.4, -0.2) is 10.8 Å². The highest BCUT2D eigenvalue weighted by atomic mass is 16.6. The minimum absolute atomic E-state index is 0.0194.